The minimum Gasteiger partial charge on any atom is -0.508 e. The van der Waals surface area contributed by atoms with Crippen molar-refractivity contribution in [2.75, 3.05) is 6.61 Å². The fraction of sp³-hybridized carbons (Fsp3) is 0.233. The number of benzene rings is 3. The number of rotatable bonds is 9. The Balaban J connectivity index is 1.71. The molecule has 0 saturated carbocycles. The van der Waals surface area contributed by atoms with Gasteiger partial charge in [-0.15, -0.1) is 0 Å². The van der Waals surface area contributed by atoms with Gasteiger partial charge in [-0.05, 0) is 72.4 Å². The summed E-state index contributed by atoms with van der Waals surface area (Å²) in [5, 5.41) is 31.1. The lowest BCUT2D eigenvalue weighted by Crippen LogP contribution is -2.42. The number of esters is 1. The number of ether oxygens (including phenoxy) is 2. The van der Waals surface area contributed by atoms with Gasteiger partial charge in [0, 0.05) is 12.8 Å². The number of nitrogens with zero attached hydrogens (tertiary/aromatic N) is 1. The Bertz CT molecular complexity index is 1580. The van der Waals surface area contributed by atoms with E-state index in [2.05, 4.69) is 10.3 Å². The third-order valence-electron chi connectivity index (χ3n) is 6.63. The first-order valence-electron chi connectivity index (χ1n) is 13.3. The molecule has 1 heterocycles. The number of aliphatic imine (C=N–C) groups is 1. The first-order chi connectivity index (χ1) is 20.5. The van der Waals surface area contributed by atoms with Crippen LogP contribution in [0.4, 0.5) is 5.69 Å². The minimum atomic E-state index is -1.38. The summed E-state index contributed by atoms with van der Waals surface area (Å²) in [4.78, 5) is 54.4. The fourth-order valence-corrected chi connectivity index (χ4v) is 4.62. The third-order valence-corrected chi connectivity index (χ3v) is 6.63. The molecule has 8 N–H and O–H groups in total. The molecule has 13 nitrogen and oxygen atoms in total. The average molecular weight is 591 g/mol. The van der Waals surface area contributed by atoms with E-state index in [-0.39, 0.29) is 65.8 Å². The van der Waals surface area contributed by atoms with Gasteiger partial charge in [-0.3, -0.25) is 9.59 Å². The number of aryl methyl sites for hydroxylation is 2. The maximum Gasteiger partial charge on any atom is 0.343 e. The number of carboxylic acid groups (broad SMARTS) is 2. The molecule has 224 valence electrons. The van der Waals surface area contributed by atoms with Crippen LogP contribution < -0.4 is 26.3 Å². The second kappa shape index (κ2) is 13.4. The monoisotopic (exact) mass is 590 g/mol. The van der Waals surface area contributed by atoms with Gasteiger partial charge < -0.3 is 41.6 Å². The van der Waals surface area contributed by atoms with Crippen LogP contribution in [0.15, 0.2) is 59.6 Å². The molecule has 0 saturated heterocycles. The lowest BCUT2D eigenvalue weighted by atomic mass is 9.98. The lowest BCUT2D eigenvalue weighted by Gasteiger charge is -2.22. The van der Waals surface area contributed by atoms with E-state index in [1.807, 2.05) is 0 Å². The highest BCUT2D eigenvalue weighted by Crippen LogP contribution is 2.37. The average Bonchev–Trinajstić information content (AvgIpc) is 2.95. The first kappa shape index (κ1) is 30.4. The largest absolute Gasteiger partial charge is 0.508 e. The van der Waals surface area contributed by atoms with Gasteiger partial charge in [0.2, 0.25) is 0 Å². The molecular weight excluding hydrogens is 560 g/mol. The van der Waals surface area contributed by atoms with Crippen molar-refractivity contribution in [2.45, 2.75) is 38.1 Å². The summed E-state index contributed by atoms with van der Waals surface area (Å²) in [6.07, 6.45) is 0.288. The van der Waals surface area contributed by atoms with E-state index in [0.29, 0.717) is 29.7 Å². The van der Waals surface area contributed by atoms with E-state index in [1.165, 1.54) is 42.5 Å². The Labute approximate surface area is 245 Å². The molecule has 3 aromatic carbocycles. The number of guanidine groups is 1. The molecule has 0 unspecified atom stereocenters. The van der Waals surface area contributed by atoms with E-state index in [9.17, 15) is 34.5 Å². The van der Waals surface area contributed by atoms with Crippen LogP contribution in [0, 0.1) is 0 Å². The van der Waals surface area contributed by atoms with Crippen molar-refractivity contribution in [3.8, 4) is 17.2 Å². The highest BCUT2D eigenvalue weighted by Gasteiger charge is 2.29. The second-order valence-corrected chi connectivity index (χ2v) is 9.78. The maximum atomic E-state index is 13.7. The number of aliphatic carboxylic acids is 2. The Morgan fingerprint density at radius 2 is 1.77 bits per heavy atom. The third kappa shape index (κ3) is 7.79. The van der Waals surface area contributed by atoms with Crippen LogP contribution in [-0.4, -0.2) is 57.7 Å². The molecule has 13 heteroatoms. The number of fused-ring (bicyclic) bond motifs is 2. The van der Waals surface area contributed by atoms with Crippen molar-refractivity contribution in [1.29, 1.82) is 0 Å². The van der Waals surface area contributed by atoms with Gasteiger partial charge in [0.05, 0.1) is 23.4 Å². The number of phenolic OH excluding ortho intramolecular Hbond substituents is 1. The van der Waals surface area contributed by atoms with E-state index >= 15 is 0 Å². The molecule has 43 heavy (non-hydrogen) atoms. The molecule has 0 aromatic heterocycles. The van der Waals surface area contributed by atoms with E-state index in [4.69, 9.17) is 20.9 Å². The zero-order valence-electron chi connectivity index (χ0n) is 22.9. The van der Waals surface area contributed by atoms with Gasteiger partial charge in [-0.1, -0.05) is 18.2 Å². The van der Waals surface area contributed by atoms with Crippen LogP contribution in [0.2, 0.25) is 0 Å². The molecule has 0 aliphatic carbocycles. The highest BCUT2D eigenvalue weighted by atomic mass is 16.6. The SMILES string of the molecule is NC(N)=Nc1ccc2c(c1)CCCOc1c(ccc(CCC(=O)O)c1C(=O)N[C@@H](Cc1ccc(O)cc1)C(=O)O)OC2=O. The van der Waals surface area contributed by atoms with Gasteiger partial charge in [0.15, 0.2) is 17.5 Å². The molecule has 1 atom stereocenters. The summed E-state index contributed by atoms with van der Waals surface area (Å²) in [5.41, 5.74) is 12.9. The fourth-order valence-electron chi connectivity index (χ4n) is 4.62. The molecule has 0 spiro atoms. The van der Waals surface area contributed by atoms with Crippen molar-refractivity contribution in [3.05, 3.63) is 82.4 Å². The summed E-state index contributed by atoms with van der Waals surface area (Å²) in [6.45, 7) is 0.0784. The summed E-state index contributed by atoms with van der Waals surface area (Å²) in [7, 11) is 0. The number of aromatic hydroxyl groups is 1. The van der Waals surface area contributed by atoms with Crippen LogP contribution in [0.25, 0.3) is 0 Å². The normalized spacial score (nSPS) is 13.3. The number of carbonyl (C=O) groups excluding carboxylic acids is 2. The van der Waals surface area contributed by atoms with Crippen LogP contribution in [0.5, 0.6) is 17.2 Å². The molecule has 4 rings (SSSR count). The van der Waals surface area contributed by atoms with Gasteiger partial charge in [-0.2, -0.15) is 0 Å². The van der Waals surface area contributed by atoms with E-state index in [0.717, 1.165) is 0 Å². The van der Waals surface area contributed by atoms with E-state index < -0.39 is 29.9 Å². The minimum absolute atomic E-state index is 0.000804. The van der Waals surface area contributed by atoms with Crippen molar-refractivity contribution in [3.63, 3.8) is 0 Å². The van der Waals surface area contributed by atoms with Crippen molar-refractivity contribution >= 4 is 35.5 Å². The Morgan fingerprint density at radius 3 is 2.44 bits per heavy atom. The van der Waals surface area contributed by atoms with Crippen LogP contribution >= 0.6 is 0 Å². The molecule has 1 aliphatic heterocycles. The predicted octanol–water partition coefficient (Wildman–Crippen LogP) is 2.28. The van der Waals surface area contributed by atoms with Gasteiger partial charge >= 0.3 is 17.9 Å². The van der Waals surface area contributed by atoms with Crippen molar-refractivity contribution in [1.82, 2.24) is 5.32 Å². The topological polar surface area (TPSA) is 224 Å². The predicted molar refractivity (Wildman–Crippen MR) is 154 cm³/mol. The standard InChI is InChI=1S/C30H30N4O9/c31-30(32)33-19-7-10-21-18(15-19)2-1-13-42-26-23(43-29(21)41)11-5-17(6-12-24(36)37)25(26)27(38)34-22(28(39)40)14-16-3-8-20(35)9-4-16/h3-5,7-11,15,22,35H,1-2,6,12-14H2,(H,34,38)(H,36,37)(H,39,40)(H4,31,32,33)/t22-/m0/s1. The molecule has 1 aliphatic rings. The maximum absolute atomic E-state index is 13.7. The molecular formula is C30H30N4O9. The molecule has 3 aromatic rings. The van der Waals surface area contributed by atoms with Crippen LogP contribution in [0.3, 0.4) is 0 Å². The van der Waals surface area contributed by atoms with Gasteiger partial charge in [0.25, 0.3) is 5.91 Å². The van der Waals surface area contributed by atoms with Crippen molar-refractivity contribution in [2.24, 2.45) is 16.5 Å². The number of nitrogens with one attached hydrogen (secondary N) is 1. The van der Waals surface area contributed by atoms with Crippen molar-refractivity contribution < 1.29 is 44.0 Å². The zero-order valence-corrected chi connectivity index (χ0v) is 22.9. The summed E-state index contributed by atoms with van der Waals surface area (Å²) in [5.74, 6) is -4.35. The van der Waals surface area contributed by atoms with Crippen LogP contribution in [-0.2, 0) is 28.9 Å². The number of carboxylic acids is 2. The quantitative estimate of drug-likeness (QED) is 0.0917. The number of hydrogen-bond donors (Lipinski definition) is 6. The lowest BCUT2D eigenvalue weighted by molar-refractivity contribution is -0.139. The number of hydrogen-bond acceptors (Lipinski definition) is 8. The van der Waals surface area contributed by atoms with Gasteiger partial charge in [0.1, 0.15) is 11.8 Å². The zero-order chi connectivity index (χ0) is 31.1. The van der Waals surface area contributed by atoms with Crippen LogP contribution in [0.1, 0.15) is 50.2 Å². The Kier molecular flexibility index (Phi) is 9.45. The molecule has 1 amide bonds. The van der Waals surface area contributed by atoms with Gasteiger partial charge in [-0.25, -0.2) is 14.6 Å². The smallest absolute Gasteiger partial charge is 0.343 e. The number of carbonyl (C=O) groups is 4. The number of amides is 1. The second-order valence-electron chi connectivity index (χ2n) is 9.78. The summed E-state index contributed by atoms with van der Waals surface area (Å²) >= 11 is 0. The Morgan fingerprint density at radius 1 is 1.02 bits per heavy atom. The molecule has 0 fully saturated rings. The first-order valence-corrected chi connectivity index (χ1v) is 13.3. The van der Waals surface area contributed by atoms with E-state index in [1.54, 1.807) is 12.1 Å². The summed E-state index contributed by atoms with van der Waals surface area (Å²) < 4.78 is 11.6. The molecule has 0 radical (unpaired) electrons. The number of phenols is 1. The molecule has 0 bridgehead atoms. The number of nitrogens with two attached hydrogens (primary N) is 2. The Hall–Kier alpha value is -5.59. The summed E-state index contributed by atoms with van der Waals surface area (Å²) in [6, 6.07) is 12.1. The highest BCUT2D eigenvalue weighted by molar-refractivity contribution is 6.02.